The molecule has 0 atom stereocenters. The number of aromatic nitrogens is 3. The smallest absolute Gasteiger partial charge is 0.174 e. The summed E-state index contributed by atoms with van der Waals surface area (Å²) in [5.74, 6) is 0.732. The fourth-order valence-corrected chi connectivity index (χ4v) is 1.95. The Kier molecular flexibility index (Phi) is 3.43. The van der Waals surface area contributed by atoms with Gasteiger partial charge in [0.05, 0.1) is 6.20 Å². The van der Waals surface area contributed by atoms with E-state index in [2.05, 4.69) is 10.3 Å². The number of halogens is 1. The lowest BCUT2D eigenvalue weighted by Crippen LogP contribution is -1.96. The summed E-state index contributed by atoms with van der Waals surface area (Å²) in [6, 6.07) is 6.21. The molecule has 3 rings (SSSR count). The normalized spacial score (nSPS) is 10.8. The first-order chi connectivity index (χ1) is 10.1. The van der Waals surface area contributed by atoms with Gasteiger partial charge in [-0.05, 0) is 18.6 Å². The van der Waals surface area contributed by atoms with Crippen LogP contribution in [0.15, 0.2) is 41.2 Å². The lowest BCUT2D eigenvalue weighted by Gasteiger charge is -2.06. The third-order valence-electron chi connectivity index (χ3n) is 3.08. The summed E-state index contributed by atoms with van der Waals surface area (Å²) in [4.78, 5) is 0. The molecule has 0 radical (unpaired) electrons. The van der Waals surface area contributed by atoms with E-state index >= 15 is 0 Å². The summed E-state index contributed by atoms with van der Waals surface area (Å²) >= 11 is 0. The Morgan fingerprint density at radius 1 is 1.33 bits per heavy atom. The maximum absolute atomic E-state index is 13.2. The van der Waals surface area contributed by atoms with Crippen molar-refractivity contribution in [1.82, 2.24) is 14.9 Å². The van der Waals surface area contributed by atoms with Crippen molar-refractivity contribution in [2.75, 3.05) is 0 Å². The van der Waals surface area contributed by atoms with Crippen LogP contribution in [0.4, 0.5) is 4.39 Å². The predicted molar refractivity (Wildman–Crippen MR) is 74.2 cm³/mol. The second-order valence-corrected chi connectivity index (χ2v) is 4.78. The van der Waals surface area contributed by atoms with Gasteiger partial charge in [0.2, 0.25) is 0 Å². The molecular weight excluding hydrogens is 273 g/mol. The number of aryl methyl sites for hydroxylation is 2. The van der Waals surface area contributed by atoms with Crippen LogP contribution in [-0.2, 0) is 13.7 Å². The van der Waals surface area contributed by atoms with Crippen LogP contribution in [-0.4, -0.2) is 14.9 Å². The minimum absolute atomic E-state index is 0.192. The molecule has 0 amide bonds. The van der Waals surface area contributed by atoms with Crippen molar-refractivity contribution in [3.63, 3.8) is 0 Å². The molecule has 0 saturated heterocycles. The van der Waals surface area contributed by atoms with Gasteiger partial charge < -0.3 is 9.26 Å². The minimum Gasteiger partial charge on any atom is -0.485 e. The van der Waals surface area contributed by atoms with Gasteiger partial charge in [-0.3, -0.25) is 4.68 Å². The van der Waals surface area contributed by atoms with Crippen LogP contribution in [0, 0.1) is 12.7 Å². The van der Waals surface area contributed by atoms with Crippen molar-refractivity contribution in [2.45, 2.75) is 13.5 Å². The lowest BCUT2D eigenvalue weighted by atomic mass is 10.2. The maximum atomic E-state index is 13.2. The maximum Gasteiger partial charge on any atom is 0.174 e. The van der Waals surface area contributed by atoms with Crippen molar-refractivity contribution in [1.29, 1.82) is 0 Å². The Labute approximate surface area is 120 Å². The van der Waals surface area contributed by atoms with Gasteiger partial charge in [-0.2, -0.15) is 5.10 Å². The molecule has 0 unspecified atom stereocenters. The number of hydrogen-bond acceptors (Lipinski definition) is 4. The topological polar surface area (TPSA) is 53.1 Å². The number of rotatable bonds is 4. The molecule has 0 spiro atoms. The van der Waals surface area contributed by atoms with E-state index in [1.165, 1.54) is 12.1 Å². The van der Waals surface area contributed by atoms with E-state index in [0.717, 1.165) is 11.1 Å². The van der Waals surface area contributed by atoms with Crippen LogP contribution < -0.4 is 4.74 Å². The molecular formula is C15H14FN3O2. The number of benzene rings is 1. The van der Waals surface area contributed by atoms with Gasteiger partial charge in [0.25, 0.3) is 0 Å². The van der Waals surface area contributed by atoms with Gasteiger partial charge in [-0.25, -0.2) is 4.39 Å². The molecule has 0 aliphatic carbocycles. The highest BCUT2D eigenvalue weighted by molar-refractivity contribution is 5.56. The molecule has 0 N–H and O–H groups in total. The third kappa shape index (κ3) is 2.94. The van der Waals surface area contributed by atoms with Crippen molar-refractivity contribution in [3.8, 4) is 17.0 Å². The molecule has 0 bridgehead atoms. The zero-order chi connectivity index (χ0) is 14.8. The summed E-state index contributed by atoms with van der Waals surface area (Å²) in [7, 11) is 1.83. The molecule has 5 nitrogen and oxygen atoms in total. The average Bonchev–Trinajstić information content (AvgIpc) is 3.08. The average molecular weight is 287 g/mol. The molecule has 108 valence electrons. The molecule has 1 aromatic carbocycles. The van der Waals surface area contributed by atoms with Crippen LogP contribution >= 0.6 is 0 Å². The largest absolute Gasteiger partial charge is 0.485 e. The molecule has 0 aliphatic heterocycles. The second-order valence-electron chi connectivity index (χ2n) is 4.78. The molecule has 6 heteroatoms. The summed E-state index contributed by atoms with van der Waals surface area (Å²) < 4.78 is 25.6. The van der Waals surface area contributed by atoms with Gasteiger partial charge in [-0.1, -0.05) is 11.2 Å². The first kappa shape index (κ1) is 13.4. The van der Waals surface area contributed by atoms with Crippen LogP contribution in [0.1, 0.15) is 11.3 Å². The predicted octanol–water partition coefficient (Wildman–Crippen LogP) is 3.10. The Hall–Kier alpha value is -2.63. The molecule has 0 fully saturated rings. The molecule has 21 heavy (non-hydrogen) atoms. The van der Waals surface area contributed by atoms with Gasteiger partial charge in [0.15, 0.2) is 5.76 Å². The first-order valence-electron chi connectivity index (χ1n) is 6.45. The minimum atomic E-state index is -0.329. The van der Waals surface area contributed by atoms with Crippen molar-refractivity contribution in [2.24, 2.45) is 7.05 Å². The summed E-state index contributed by atoms with van der Waals surface area (Å²) in [6.45, 7) is 2.05. The molecule has 2 heterocycles. The van der Waals surface area contributed by atoms with Gasteiger partial charge in [0.1, 0.15) is 23.9 Å². The molecule has 0 saturated carbocycles. The van der Waals surface area contributed by atoms with E-state index in [1.807, 2.05) is 20.2 Å². The van der Waals surface area contributed by atoms with Crippen molar-refractivity contribution in [3.05, 3.63) is 53.8 Å². The van der Waals surface area contributed by atoms with Crippen LogP contribution in [0.3, 0.4) is 0 Å². The van der Waals surface area contributed by atoms with Gasteiger partial charge in [0, 0.05) is 30.9 Å². The standard InChI is InChI=1S/C15H14FN3O2/c1-10-3-4-12(16)5-15(10)20-9-13-6-14(18-21-13)11-7-17-19(2)8-11/h3-8H,9H2,1-2H3. The highest BCUT2D eigenvalue weighted by Gasteiger charge is 2.09. The van der Waals surface area contributed by atoms with Crippen LogP contribution in [0.5, 0.6) is 5.75 Å². The summed E-state index contributed by atoms with van der Waals surface area (Å²) in [5.41, 5.74) is 2.43. The second kappa shape index (κ2) is 5.40. The van der Waals surface area contributed by atoms with Crippen LogP contribution in [0.2, 0.25) is 0 Å². The Balaban J connectivity index is 1.71. The third-order valence-corrected chi connectivity index (χ3v) is 3.08. The van der Waals surface area contributed by atoms with E-state index < -0.39 is 0 Å². The van der Waals surface area contributed by atoms with E-state index in [1.54, 1.807) is 23.0 Å². The number of nitrogens with zero attached hydrogens (tertiary/aromatic N) is 3. The van der Waals surface area contributed by atoms with E-state index in [0.29, 0.717) is 17.2 Å². The highest BCUT2D eigenvalue weighted by atomic mass is 19.1. The van der Waals surface area contributed by atoms with Crippen molar-refractivity contribution < 1.29 is 13.7 Å². The summed E-state index contributed by atoms with van der Waals surface area (Å²) in [5, 5.41) is 8.05. The number of ether oxygens (including phenoxy) is 1. The fourth-order valence-electron chi connectivity index (χ4n) is 1.95. The molecule has 0 aliphatic rings. The lowest BCUT2D eigenvalue weighted by molar-refractivity contribution is 0.247. The molecule has 3 aromatic rings. The monoisotopic (exact) mass is 287 g/mol. The first-order valence-corrected chi connectivity index (χ1v) is 6.45. The van der Waals surface area contributed by atoms with Gasteiger partial charge in [-0.15, -0.1) is 0 Å². The fraction of sp³-hybridized carbons (Fsp3) is 0.200. The van der Waals surface area contributed by atoms with E-state index in [-0.39, 0.29) is 12.4 Å². The highest BCUT2D eigenvalue weighted by Crippen LogP contribution is 2.22. The van der Waals surface area contributed by atoms with Crippen molar-refractivity contribution >= 4 is 0 Å². The quantitative estimate of drug-likeness (QED) is 0.740. The van der Waals surface area contributed by atoms with Crippen LogP contribution in [0.25, 0.3) is 11.3 Å². The molecule has 2 aromatic heterocycles. The Morgan fingerprint density at radius 2 is 2.19 bits per heavy atom. The Bertz CT molecular complexity index is 764. The zero-order valence-electron chi connectivity index (χ0n) is 11.7. The van der Waals surface area contributed by atoms with E-state index in [9.17, 15) is 4.39 Å². The SMILES string of the molecule is Cc1ccc(F)cc1OCc1cc(-c2cnn(C)c2)no1. The summed E-state index contributed by atoms with van der Waals surface area (Å²) in [6.07, 6.45) is 3.55. The number of hydrogen-bond donors (Lipinski definition) is 0. The zero-order valence-corrected chi connectivity index (χ0v) is 11.7. The van der Waals surface area contributed by atoms with Gasteiger partial charge >= 0.3 is 0 Å². The Morgan fingerprint density at radius 3 is 2.95 bits per heavy atom. The van der Waals surface area contributed by atoms with E-state index in [4.69, 9.17) is 9.26 Å².